The standard InChI is InChI=1S/C5H6O5/c6-4(7)5(8)10-2-3-1-9-3/h3H,1-2H2,(H,6,7). The number of carbonyl (C=O) groups is 2. The number of rotatable bonds is 2. The van der Waals surface area contributed by atoms with Crippen LogP contribution >= 0.6 is 0 Å². The van der Waals surface area contributed by atoms with Crippen LogP contribution in [0.1, 0.15) is 0 Å². The normalized spacial score (nSPS) is 21.8. The molecule has 1 rings (SSSR count). The van der Waals surface area contributed by atoms with Gasteiger partial charge in [0.15, 0.2) is 0 Å². The monoisotopic (exact) mass is 146 g/mol. The first kappa shape index (κ1) is 7.01. The molecule has 56 valence electrons. The Balaban J connectivity index is 2.11. The van der Waals surface area contributed by atoms with Gasteiger partial charge < -0.3 is 14.6 Å². The van der Waals surface area contributed by atoms with Crippen molar-refractivity contribution < 1.29 is 24.2 Å². The summed E-state index contributed by atoms with van der Waals surface area (Å²) in [5.41, 5.74) is 0. The first-order valence-corrected chi connectivity index (χ1v) is 2.72. The molecule has 1 N–H and O–H groups in total. The van der Waals surface area contributed by atoms with Crippen molar-refractivity contribution in [1.29, 1.82) is 0 Å². The van der Waals surface area contributed by atoms with E-state index in [1.807, 2.05) is 0 Å². The SMILES string of the molecule is O=C(O)C(=O)OCC1CO1. The van der Waals surface area contributed by atoms with Crippen molar-refractivity contribution in [3.63, 3.8) is 0 Å². The van der Waals surface area contributed by atoms with Gasteiger partial charge in [-0.15, -0.1) is 0 Å². The Hall–Kier alpha value is -1.10. The lowest BCUT2D eigenvalue weighted by Crippen LogP contribution is -2.18. The van der Waals surface area contributed by atoms with Gasteiger partial charge in [-0.05, 0) is 0 Å². The van der Waals surface area contributed by atoms with Crippen LogP contribution in [-0.2, 0) is 19.1 Å². The van der Waals surface area contributed by atoms with Crippen LogP contribution in [-0.4, -0.2) is 36.4 Å². The molecule has 10 heavy (non-hydrogen) atoms. The van der Waals surface area contributed by atoms with Crippen molar-refractivity contribution >= 4 is 11.9 Å². The van der Waals surface area contributed by atoms with Crippen LogP contribution in [0.2, 0.25) is 0 Å². The molecular weight excluding hydrogens is 140 g/mol. The third-order valence-corrected chi connectivity index (χ3v) is 0.977. The van der Waals surface area contributed by atoms with Gasteiger partial charge in [-0.1, -0.05) is 0 Å². The van der Waals surface area contributed by atoms with Gasteiger partial charge >= 0.3 is 11.9 Å². The van der Waals surface area contributed by atoms with E-state index < -0.39 is 11.9 Å². The van der Waals surface area contributed by atoms with Crippen molar-refractivity contribution in [2.24, 2.45) is 0 Å². The second-order valence-corrected chi connectivity index (χ2v) is 1.86. The fourth-order valence-corrected chi connectivity index (χ4v) is 0.395. The number of carboxylic acids is 1. The third kappa shape index (κ3) is 2.02. The topological polar surface area (TPSA) is 76.1 Å². The van der Waals surface area contributed by atoms with Crippen molar-refractivity contribution in [2.75, 3.05) is 13.2 Å². The maximum Gasteiger partial charge on any atom is 0.417 e. The van der Waals surface area contributed by atoms with Crippen LogP contribution in [0.3, 0.4) is 0 Å². The van der Waals surface area contributed by atoms with Crippen LogP contribution in [0.15, 0.2) is 0 Å². The Kier molecular flexibility index (Phi) is 1.86. The summed E-state index contributed by atoms with van der Waals surface area (Å²) in [5, 5.41) is 8.00. The highest BCUT2D eigenvalue weighted by molar-refractivity contribution is 6.28. The van der Waals surface area contributed by atoms with E-state index in [1.165, 1.54) is 0 Å². The van der Waals surface area contributed by atoms with Crippen LogP contribution in [0, 0.1) is 0 Å². The van der Waals surface area contributed by atoms with E-state index in [1.54, 1.807) is 0 Å². The molecule has 1 aliphatic rings. The summed E-state index contributed by atoms with van der Waals surface area (Å²) in [6.45, 7) is 0.595. The van der Waals surface area contributed by atoms with Crippen LogP contribution in [0.4, 0.5) is 0 Å². The maximum atomic E-state index is 10.2. The molecule has 0 aliphatic carbocycles. The first-order chi connectivity index (χ1) is 4.70. The number of hydrogen-bond donors (Lipinski definition) is 1. The molecule has 0 bridgehead atoms. The van der Waals surface area contributed by atoms with E-state index >= 15 is 0 Å². The minimum absolute atomic E-state index is 0.0468. The van der Waals surface area contributed by atoms with Gasteiger partial charge in [0.25, 0.3) is 0 Å². The Labute approximate surface area is 56.5 Å². The van der Waals surface area contributed by atoms with E-state index in [9.17, 15) is 9.59 Å². The third-order valence-electron chi connectivity index (χ3n) is 0.977. The van der Waals surface area contributed by atoms with E-state index in [0.29, 0.717) is 6.61 Å². The second-order valence-electron chi connectivity index (χ2n) is 1.86. The summed E-state index contributed by atoms with van der Waals surface area (Å²) >= 11 is 0. The molecule has 1 aliphatic heterocycles. The molecule has 1 saturated heterocycles. The van der Waals surface area contributed by atoms with Gasteiger partial charge in [0.05, 0.1) is 6.61 Å². The summed E-state index contributed by atoms with van der Waals surface area (Å²) < 4.78 is 8.93. The highest BCUT2D eigenvalue weighted by Crippen LogP contribution is 2.08. The number of carbonyl (C=O) groups excluding carboxylic acids is 1. The molecule has 0 aromatic heterocycles. The highest BCUT2D eigenvalue weighted by Gasteiger charge is 2.25. The summed E-state index contributed by atoms with van der Waals surface area (Å²) in [4.78, 5) is 20.0. The molecule has 1 atom stereocenters. The molecule has 0 radical (unpaired) electrons. The zero-order valence-electron chi connectivity index (χ0n) is 5.07. The van der Waals surface area contributed by atoms with Crippen molar-refractivity contribution in [1.82, 2.24) is 0 Å². The van der Waals surface area contributed by atoms with Crippen LogP contribution < -0.4 is 0 Å². The molecule has 0 saturated carbocycles. The number of esters is 1. The van der Waals surface area contributed by atoms with E-state index in [2.05, 4.69) is 9.47 Å². The summed E-state index contributed by atoms with van der Waals surface area (Å²) in [5.74, 6) is -2.80. The van der Waals surface area contributed by atoms with Crippen LogP contribution in [0.5, 0.6) is 0 Å². The van der Waals surface area contributed by atoms with E-state index in [0.717, 1.165) is 0 Å². The number of carboxylic acid groups (broad SMARTS) is 1. The number of epoxide rings is 1. The van der Waals surface area contributed by atoms with E-state index in [4.69, 9.17) is 5.11 Å². The molecular formula is C5H6O5. The summed E-state index contributed by atoms with van der Waals surface area (Å²) in [7, 11) is 0. The lowest BCUT2D eigenvalue weighted by atomic mass is 10.5. The zero-order valence-corrected chi connectivity index (χ0v) is 5.07. The quantitative estimate of drug-likeness (QED) is 0.307. The Morgan fingerprint density at radius 1 is 1.70 bits per heavy atom. The molecule has 1 fully saturated rings. The maximum absolute atomic E-state index is 10.2. The van der Waals surface area contributed by atoms with Crippen molar-refractivity contribution in [3.8, 4) is 0 Å². The van der Waals surface area contributed by atoms with Gasteiger partial charge in [0.2, 0.25) is 0 Å². The van der Waals surface area contributed by atoms with Gasteiger partial charge in [-0.3, -0.25) is 0 Å². The summed E-state index contributed by atoms with van der Waals surface area (Å²) in [6.07, 6.45) is -0.0803. The lowest BCUT2D eigenvalue weighted by molar-refractivity contribution is -0.164. The average Bonchev–Trinajstić information content (AvgIpc) is 2.64. The minimum Gasteiger partial charge on any atom is -0.473 e. The molecule has 0 amide bonds. The van der Waals surface area contributed by atoms with Crippen molar-refractivity contribution in [3.05, 3.63) is 0 Å². The first-order valence-electron chi connectivity index (χ1n) is 2.72. The molecule has 1 unspecified atom stereocenters. The fourth-order valence-electron chi connectivity index (χ4n) is 0.395. The van der Waals surface area contributed by atoms with E-state index in [-0.39, 0.29) is 12.7 Å². The Bertz CT molecular complexity index is 159. The molecule has 0 aromatic rings. The molecule has 0 aromatic carbocycles. The second kappa shape index (κ2) is 2.66. The van der Waals surface area contributed by atoms with Crippen LogP contribution in [0.25, 0.3) is 0 Å². The highest BCUT2D eigenvalue weighted by atomic mass is 16.6. The van der Waals surface area contributed by atoms with Gasteiger partial charge in [0, 0.05) is 0 Å². The molecule has 1 heterocycles. The summed E-state index contributed by atoms with van der Waals surface area (Å²) in [6, 6.07) is 0. The Morgan fingerprint density at radius 2 is 2.30 bits per heavy atom. The van der Waals surface area contributed by atoms with Gasteiger partial charge in [-0.25, -0.2) is 9.59 Å². The zero-order chi connectivity index (χ0) is 7.56. The molecule has 5 nitrogen and oxygen atoms in total. The number of ether oxygens (including phenoxy) is 2. The van der Waals surface area contributed by atoms with Gasteiger partial charge in [-0.2, -0.15) is 0 Å². The average molecular weight is 146 g/mol. The number of hydrogen-bond acceptors (Lipinski definition) is 4. The Morgan fingerprint density at radius 3 is 2.70 bits per heavy atom. The van der Waals surface area contributed by atoms with Crippen molar-refractivity contribution in [2.45, 2.75) is 6.10 Å². The molecule has 5 heteroatoms. The predicted octanol–water partition coefficient (Wildman–Crippen LogP) is -0.987. The lowest BCUT2D eigenvalue weighted by Gasteiger charge is -1.95. The number of aliphatic carboxylic acids is 1. The molecule has 0 spiro atoms. The minimum atomic E-state index is -1.57. The predicted molar refractivity (Wildman–Crippen MR) is 28.3 cm³/mol. The fraction of sp³-hybridized carbons (Fsp3) is 0.600. The smallest absolute Gasteiger partial charge is 0.417 e. The van der Waals surface area contributed by atoms with Gasteiger partial charge in [0.1, 0.15) is 12.7 Å². The largest absolute Gasteiger partial charge is 0.473 e.